The van der Waals surface area contributed by atoms with E-state index >= 15 is 0 Å². The van der Waals surface area contributed by atoms with Crippen LogP contribution in [0.4, 0.5) is 0 Å². The first-order valence-electron chi connectivity index (χ1n) is 10.8. The molecule has 0 saturated heterocycles. The van der Waals surface area contributed by atoms with Crippen LogP contribution in [0.3, 0.4) is 0 Å². The maximum absolute atomic E-state index is 9.33. The Balaban J connectivity index is 0.000000443. The summed E-state index contributed by atoms with van der Waals surface area (Å²) in [6.07, 6.45) is 0. The van der Waals surface area contributed by atoms with Gasteiger partial charge in [-0.25, -0.2) is 12.1 Å². The Labute approximate surface area is 217 Å². The number of rotatable bonds is 2. The van der Waals surface area contributed by atoms with E-state index in [0.717, 1.165) is 0 Å². The summed E-state index contributed by atoms with van der Waals surface area (Å²) in [5, 5.41) is 18.7. The van der Waals surface area contributed by atoms with Crippen LogP contribution in [0.1, 0.15) is 27.7 Å². The second-order valence-corrected chi connectivity index (χ2v) is 9.04. The molecule has 4 aromatic rings. The van der Waals surface area contributed by atoms with Crippen molar-refractivity contribution in [3.63, 3.8) is 0 Å². The van der Waals surface area contributed by atoms with E-state index in [0.29, 0.717) is 0 Å². The Morgan fingerprint density at radius 3 is 1.06 bits per heavy atom. The molecule has 0 aliphatic rings. The van der Waals surface area contributed by atoms with Gasteiger partial charge in [0.05, 0.1) is 0 Å². The fourth-order valence-corrected chi connectivity index (χ4v) is 2.39. The molecule has 0 aliphatic heterocycles. The molecule has 2 nitrogen and oxygen atoms in total. The fraction of sp³-hybridized carbons (Fsp3) is 0.129. The first-order valence-corrected chi connectivity index (χ1v) is 11.6. The minimum atomic E-state index is -0.0833. The molecule has 0 N–H and O–H groups in total. The Morgan fingerprint density at radius 2 is 0.853 bits per heavy atom. The van der Waals surface area contributed by atoms with Gasteiger partial charge in [0.2, 0.25) is 0 Å². The van der Waals surface area contributed by atoms with E-state index in [1.165, 1.54) is 39.9 Å². The molecule has 0 aliphatic carbocycles. The van der Waals surface area contributed by atoms with Crippen LogP contribution in [0.25, 0.3) is 22.3 Å². The van der Waals surface area contributed by atoms with E-state index in [-0.39, 0.29) is 11.5 Å². The summed E-state index contributed by atoms with van der Waals surface area (Å²) in [6.45, 7) is 13.0. The van der Waals surface area contributed by atoms with Gasteiger partial charge in [0.15, 0.2) is 0 Å². The van der Waals surface area contributed by atoms with Crippen molar-refractivity contribution in [3.05, 3.63) is 134 Å². The van der Waals surface area contributed by atoms with Gasteiger partial charge in [-0.3, -0.25) is 0 Å². The van der Waals surface area contributed by atoms with Gasteiger partial charge < -0.3 is 10.2 Å². The SMILES string of the molecule is C=C(C)[O-].C=C(C)[O-].C[C](C)=[Ti+2].c1ccc(-c2cc[cH-]c2)cc1.c1ccc(-c2cc[cH-]c2)cc1. The zero-order chi connectivity index (χ0) is 25.8. The number of hydrogen-bond donors (Lipinski definition) is 0. The monoisotopic (exact) mass is 486 g/mol. The predicted molar refractivity (Wildman–Crippen MR) is 141 cm³/mol. The van der Waals surface area contributed by atoms with Gasteiger partial charge in [-0.05, 0) is 0 Å². The van der Waals surface area contributed by atoms with E-state index in [1.54, 1.807) is 0 Å². The third kappa shape index (κ3) is 18.4. The van der Waals surface area contributed by atoms with Crippen LogP contribution in [-0.4, -0.2) is 3.81 Å². The van der Waals surface area contributed by atoms with E-state index in [4.69, 9.17) is 0 Å². The van der Waals surface area contributed by atoms with Crippen molar-refractivity contribution in [3.8, 4) is 22.3 Å². The molecule has 4 aromatic carbocycles. The van der Waals surface area contributed by atoms with E-state index in [1.807, 2.05) is 12.1 Å². The Bertz CT molecular complexity index is 919. The molecule has 0 spiro atoms. The molecule has 0 bridgehead atoms. The molecule has 176 valence electrons. The van der Waals surface area contributed by atoms with Crippen LogP contribution >= 0.6 is 0 Å². The summed E-state index contributed by atoms with van der Waals surface area (Å²) >= 11 is 2.08. The van der Waals surface area contributed by atoms with Gasteiger partial charge in [0.25, 0.3) is 0 Å². The van der Waals surface area contributed by atoms with Crippen molar-refractivity contribution in [1.82, 2.24) is 0 Å². The molecule has 0 amide bonds. The average molecular weight is 486 g/mol. The first-order chi connectivity index (χ1) is 16.1. The van der Waals surface area contributed by atoms with E-state index < -0.39 is 0 Å². The van der Waals surface area contributed by atoms with Crippen LogP contribution in [-0.2, 0) is 20.0 Å². The van der Waals surface area contributed by atoms with Crippen LogP contribution in [0.15, 0.2) is 134 Å². The quantitative estimate of drug-likeness (QED) is 0.181. The molecule has 4 rings (SSSR count). The molecule has 0 fully saturated rings. The minimum Gasteiger partial charge on any atom is -0.206 e. The smallest absolute Gasteiger partial charge is 0.0623 e. The average Bonchev–Trinajstić information content (AvgIpc) is 3.49. The van der Waals surface area contributed by atoms with Crippen molar-refractivity contribution < 1.29 is 30.2 Å². The summed E-state index contributed by atoms with van der Waals surface area (Å²) in [7, 11) is 0. The second kappa shape index (κ2) is 19.3. The van der Waals surface area contributed by atoms with Crippen LogP contribution in [0.5, 0.6) is 0 Å². The standard InChI is InChI=1S/2C11H9.2C3H6O.C3H6.Ti/c2*1-2-6-10(7-3-1)11-8-4-5-9-11;2*1-3(2)4;1-3-2;/h2*1-9H;2*4H,1H2,2H3;1-2H3;/q2*-1;;;;+2/p-2. The number of allylic oxidation sites excluding steroid dienone is 2. The zero-order valence-electron chi connectivity index (χ0n) is 20.6. The van der Waals surface area contributed by atoms with Gasteiger partial charge in [0.1, 0.15) is 0 Å². The molecule has 0 atom stereocenters. The normalized spacial score (nSPS) is 8.65. The van der Waals surface area contributed by atoms with E-state index in [2.05, 4.69) is 144 Å². The largest absolute Gasteiger partial charge is 0.206 e. The predicted octanol–water partition coefficient (Wildman–Crippen LogP) is 6.65. The molecular formula is C31H34O2Ti-2. The number of hydrogen-bond acceptors (Lipinski definition) is 2. The maximum Gasteiger partial charge on any atom is -0.0623 e. The van der Waals surface area contributed by atoms with Crippen molar-refractivity contribution in [2.24, 2.45) is 0 Å². The zero-order valence-corrected chi connectivity index (χ0v) is 22.2. The molecule has 0 heterocycles. The molecule has 0 radical (unpaired) electrons. The minimum absolute atomic E-state index is 0.0833. The van der Waals surface area contributed by atoms with Gasteiger partial charge in [0, 0.05) is 0 Å². The maximum atomic E-state index is 9.33. The van der Waals surface area contributed by atoms with Gasteiger partial charge in [-0.1, -0.05) is 85.6 Å². The van der Waals surface area contributed by atoms with Crippen LogP contribution in [0, 0.1) is 0 Å². The van der Waals surface area contributed by atoms with Crippen molar-refractivity contribution in [2.75, 3.05) is 0 Å². The van der Waals surface area contributed by atoms with Gasteiger partial charge >= 0.3 is 37.6 Å². The molecule has 3 heteroatoms. The molecule has 34 heavy (non-hydrogen) atoms. The number of benzene rings is 2. The Hall–Kier alpha value is -3.20. The molecular weight excluding hydrogens is 452 g/mol. The van der Waals surface area contributed by atoms with Gasteiger partial charge in [-0.2, -0.15) is 47.5 Å². The molecule has 0 aromatic heterocycles. The van der Waals surface area contributed by atoms with Crippen molar-refractivity contribution in [1.29, 1.82) is 0 Å². The van der Waals surface area contributed by atoms with Gasteiger partial charge in [-0.15, -0.1) is 24.7 Å². The summed E-state index contributed by atoms with van der Waals surface area (Å²) in [5.41, 5.74) is 5.17. The topological polar surface area (TPSA) is 46.1 Å². The Kier molecular flexibility index (Phi) is 17.5. The Morgan fingerprint density at radius 1 is 0.588 bits per heavy atom. The summed E-state index contributed by atoms with van der Waals surface area (Å²) in [6, 6.07) is 37.5. The van der Waals surface area contributed by atoms with E-state index in [9.17, 15) is 10.2 Å². The summed E-state index contributed by atoms with van der Waals surface area (Å²) < 4.78 is 1.42. The van der Waals surface area contributed by atoms with Crippen LogP contribution < -0.4 is 10.2 Å². The first kappa shape index (κ1) is 30.8. The molecule has 0 unspecified atom stereocenters. The third-order valence-electron chi connectivity index (χ3n) is 3.54. The molecule has 0 saturated carbocycles. The summed E-state index contributed by atoms with van der Waals surface area (Å²) in [5.74, 6) is -0.167. The fourth-order valence-electron chi connectivity index (χ4n) is 2.39. The van der Waals surface area contributed by atoms with Crippen molar-refractivity contribution in [2.45, 2.75) is 27.7 Å². The van der Waals surface area contributed by atoms with Crippen molar-refractivity contribution >= 4 is 3.81 Å². The third-order valence-corrected chi connectivity index (χ3v) is 3.54. The van der Waals surface area contributed by atoms with Crippen LogP contribution in [0.2, 0.25) is 0 Å². The summed E-state index contributed by atoms with van der Waals surface area (Å²) in [4.78, 5) is 0. The second-order valence-electron chi connectivity index (χ2n) is 7.48.